The minimum Gasteiger partial charge on any atom is -0.450 e. The molecule has 0 aliphatic heterocycles. The van der Waals surface area contributed by atoms with Crippen LogP contribution in [0.15, 0.2) is 54.6 Å². The highest BCUT2D eigenvalue weighted by Crippen LogP contribution is 2.26. The van der Waals surface area contributed by atoms with Crippen LogP contribution in [0.25, 0.3) is 0 Å². The third kappa shape index (κ3) is 5.14. The molecule has 2 atom stereocenters. The second-order valence-corrected chi connectivity index (χ2v) is 7.00. The molecule has 0 aromatic heterocycles. The molecule has 0 spiro atoms. The van der Waals surface area contributed by atoms with E-state index in [1.54, 1.807) is 24.3 Å². The largest absolute Gasteiger partial charge is 0.450 e. The zero-order valence-corrected chi connectivity index (χ0v) is 15.3. The number of aliphatic hydroxyl groups is 3. The number of carbonyl (C=O) groups excluding carboxylic acids is 1. The monoisotopic (exact) mass is 358 g/mol. The fourth-order valence-corrected chi connectivity index (χ4v) is 2.68. The molecule has 0 bridgehead atoms. The highest BCUT2D eigenvalue weighted by Gasteiger charge is 2.36. The summed E-state index contributed by atoms with van der Waals surface area (Å²) in [5.41, 5.74) is 0.527. The molecule has 0 saturated carbocycles. The third-order valence-electron chi connectivity index (χ3n) is 4.27. The van der Waals surface area contributed by atoms with E-state index in [9.17, 15) is 20.1 Å². The molecule has 140 valence electrons. The lowest BCUT2D eigenvalue weighted by Gasteiger charge is -2.26. The van der Waals surface area contributed by atoms with Crippen molar-refractivity contribution in [2.45, 2.75) is 51.1 Å². The van der Waals surface area contributed by atoms with Crippen molar-refractivity contribution >= 4 is 5.97 Å². The smallest absolute Gasteiger partial charge is 0.338 e. The summed E-state index contributed by atoms with van der Waals surface area (Å²) in [5, 5.41) is 29.8. The summed E-state index contributed by atoms with van der Waals surface area (Å²) in [6.45, 7) is 5.45. The molecule has 26 heavy (non-hydrogen) atoms. The van der Waals surface area contributed by atoms with Gasteiger partial charge < -0.3 is 20.1 Å². The molecule has 2 aromatic rings. The summed E-state index contributed by atoms with van der Waals surface area (Å²) >= 11 is 0. The molecule has 3 N–H and O–H groups in total. The Bertz CT molecular complexity index is 705. The van der Waals surface area contributed by atoms with Crippen molar-refractivity contribution in [1.82, 2.24) is 0 Å². The van der Waals surface area contributed by atoms with E-state index in [2.05, 4.69) is 0 Å². The van der Waals surface area contributed by atoms with Crippen LogP contribution in [0.2, 0.25) is 0 Å². The first-order valence-electron chi connectivity index (χ1n) is 8.64. The zero-order valence-electron chi connectivity index (χ0n) is 15.3. The molecule has 0 aliphatic rings. The van der Waals surface area contributed by atoms with Crippen LogP contribution >= 0.6 is 0 Å². The quantitative estimate of drug-likeness (QED) is 0.523. The minimum atomic E-state index is -1.89. The summed E-state index contributed by atoms with van der Waals surface area (Å²) in [7, 11) is 0. The lowest BCUT2D eigenvalue weighted by Crippen LogP contribution is -2.41. The van der Waals surface area contributed by atoms with Gasteiger partial charge in [0.05, 0.1) is 0 Å². The molecule has 0 heterocycles. The summed E-state index contributed by atoms with van der Waals surface area (Å²) in [5.74, 6) is -0.580. The van der Waals surface area contributed by atoms with Gasteiger partial charge in [0, 0.05) is 6.42 Å². The normalized spacial score (nSPS) is 14.9. The first kappa shape index (κ1) is 20.1. The highest BCUT2D eigenvalue weighted by molar-refractivity contribution is 5.79. The number of rotatable bonds is 7. The van der Waals surface area contributed by atoms with Gasteiger partial charge in [0.15, 0.2) is 18.0 Å². The maximum absolute atomic E-state index is 12.4. The van der Waals surface area contributed by atoms with E-state index in [1.165, 1.54) is 6.92 Å². The maximum atomic E-state index is 12.4. The van der Waals surface area contributed by atoms with Crippen LogP contribution in [0.4, 0.5) is 0 Å². The van der Waals surface area contributed by atoms with Gasteiger partial charge >= 0.3 is 5.97 Å². The van der Waals surface area contributed by atoms with Crippen LogP contribution in [0.1, 0.15) is 49.5 Å². The Kier molecular flexibility index (Phi) is 6.53. The number of hydrogen-bond acceptors (Lipinski definition) is 5. The van der Waals surface area contributed by atoms with Crippen LogP contribution in [0, 0.1) is 0 Å². The average Bonchev–Trinajstić information content (AvgIpc) is 2.59. The van der Waals surface area contributed by atoms with Gasteiger partial charge in [-0.05, 0) is 29.5 Å². The van der Waals surface area contributed by atoms with Gasteiger partial charge in [-0.3, -0.25) is 0 Å². The van der Waals surface area contributed by atoms with Crippen molar-refractivity contribution < 1.29 is 24.9 Å². The molecule has 0 fully saturated rings. The maximum Gasteiger partial charge on any atom is 0.338 e. The first-order chi connectivity index (χ1) is 12.2. The number of benzene rings is 2. The second-order valence-electron chi connectivity index (χ2n) is 7.00. The van der Waals surface area contributed by atoms with E-state index in [0.29, 0.717) is 11.5 Å². The predicted octanol–water partition coefficient (Wildman–Crippen LogP) is 2.70. The lowest BCUT2D eigenvalue weighted by atomic mass is 9.96. The van der Waals surface area contributed by atoms with Crippen molar-refractivity contribution in [3.63, 3.8) is 0 Å². The third-order valence-corrected chi connectivity index (χ3v) is 4.27. The van der Waals surface area contributed by atoms with Crippen LogP contribution in [-0.2, 0) is 16.0 Å². The zero-order chi connectivity index (χ0) is 19.3. The fourth-order valence-electron chi connectivity index (χ4n) is 2.68. The summed E-state index contributed by atoms with van der Waals surface area (Å²) in [4.78, 5) is 12.4. The number of esters is 1. The fraction of sp³-hybridized carbons (Fsp3) is 0.381. The number of carbonyl (C=O) groups is 1. The standard InChI is InChI=1S/C21H26O5/c1-14(2)16-9-11-17(12-10-16)18(19(22)23)26-20(24)21(3,25)13-15-7-5-4-6-8-15/h4-12,14,18-19,22-23,25H,13H2,1-3H3. The Morgan fingerprint density at radius 2 is 1.54 bits per heavy atom. The Balaban J connectivity index is 2.14. The van der Waals surface area contributed by atoms with Gasteiger partial charge in [-0.15, -0.1) is 0 Å². The van der Waals surface area contributed by atoms with Crippen LogP contribution in [0.5, 0.6) is 0 Å². The minimum absolute atomic E-state index is 0.0627. The molecule has 0 radical (unpaired) electrons. The molecule has 5 heteroatoms. The van der Waals surface area contributed by atoms with Crippen molar-refractivity contribution in [2.75, 3.05) is 0 Å². The van der Waals surface area contributed by atoms with Crippen molar-refractivity contribution in [3.05, 3.63) is 71.3 Å². The van der Waals surface area contributed by atoms with Crippen LogP contribution in [0.3, 0.4) is 0 Å². The molecule has 2 rings (SSSR count). The summed E-state index contributed by atoms with van der Waals surface area (Å²) < 4.78 is 5.25. The summed E-state index contributed by atoms with van der Waals surface area (Å²) in [6.07, 6.45) is -3.10. The van der Waals surface area contributed by atoms with E-state index in [4.69, 9.17) is 4.74 Å². The first-order valence-corrected chi connectivity index (χ1v) is 8.64. The Morgan fingerprint density at radius 3 is 2.04 bits per heavy atom. The number of hydrogen-bond donors (Lipinski definition) is 3. The van der Waals surface area contributed by atoms with Crippen LogP contribution in [-0.4, -0.2) is 33.2 Å². The van der Waals surface area contributed by atoms with E-state index in [1.807, 2.05) is 44.2 Å². The molecule has 5 nitrogen and oxygen atoms in total. The number of aliphatic hydroxyl groups excluding tert-OH is 1. The molecule has 0 amide bonds. The molecular weight excluding hydrogens is 332 g/mol. The SMILES string of the molecule is CC(C)c1ccc(C(OC(=O)C(C)(O)Cc2ccccc2)C(O)O)cc1. The van der Waals surface area contributed by atoms with Gasteiger partial charge in [-0.1, -0.05) is 68.4 Å². The van der Waals surface area contributed by atoms with Crippen LogP contribution < -0.4 is 0 Å². The van der Waals surface area contributed by atoms with Crippen molar-refractivity contribution in [1.29, 1.82) is 0 Å². The number of ether oxygens (including phenoxy) is 1. The molecule has 0 aliphatic carbocycles. The van der Waals surface area contributed by atoms with Gasteiger partial charge in [-0.2, -0.15) is 0 Å². The van der Waals surface area contributed by atoms with E-state index >= 15 is 0 Å². The Hall–Kier alpha value is -2.21. The van der Waals surface area contributed by atoms with E-state index < -0.39 is 24.0 Å². The van der Waals surface area contributed by atoms with Crippen molar-refractivity contribution in [2.24, 2.45) is 0 Å². The lowest BCUT2D eigenvalue weighted by molar-refractivity contribution is -0.192. The molecule has 2 aromatic carbocycles. The van der Waals surface area contributed by atoms with Gasteiger partial charge in [0.25, 0.3) is 0 Å². The summed E-state index contributed by atoms with van der Waals surface area (Å²) in [6, 6.07) is 16.2. The van der Waals surface area contributed by atoms with Crippen molar-refractivity contribution in [3.8, 4) is 0 Å². The highest BCUT2D eigenvalue weighted by atomic mass is 16.6. The average molecular weight is 358 g/mol. The molecule has 0 saturated heterocycles. The van der Waals surface area contributed by atoms with Gasteiger partial charge in [0.1, 0.15) is 0 Å². The van der Waals surface area contributed by atoms with Gasteiger partial charge in [0.2, 0.25) is 0 Å². The topological polar surface area (TPSA) is 87.0 Å². The molecular formula is C21H26O5. The Morgan fingerprint density at radius 1 is 1.00 bits per heavy atom. The molecule has 2 unspecified atom stereocenters. The predicted molar refractivity (Wildman–Crippen MR) is 98.4 cm³/mol. The van der Waals surface area contributed by atoms with E-state index in [-0.39, 0.29) is 6.42 Å². The van der Waals surface area contributed by atoms with Gasteiger partial charge in [-0.25, -0.2) is 4.79 Å². The second kappa shape index (κ2) is 8.45. The Labute approximate surface area is 153 Å². The van der Waals surface area contributed by atoms with E-state index in [0.717, 1.165) is 11.1 Å².